The highest BCUT2D eigenvalue weighted by atomic mass is 35.5. The van der Waals surface area contributed by atoms with E-state index in [1.54, 1.807) is 13.0 Å². The van der Waals surface area contributed by atoms with Crippen molar-refractivity contribution >= 4 is 34.8 Å². The summed E-state index contributed by atoms with van der Waals surface area (Å²) in [6.45, 7) is 4.41. The number of carbonyl (C=O) groups excluding carboxylic acids is 1. The first-order valence-electron chi connectivity index (χ1n) is 8.55. The number of fused-ring (bicyclic) bond motifs is 1. The van der Waals surface area contributed by atoms with Gasteiger partial charge in [-0.25, -0.2) is 9.97 Å². The summed E-state index contributed by atoms with van der Waals surface area (Å²) in [6.07, 6.45) is 2.66. The maximum Gasteiger partial charge on any atom is 0.276 e. The second-order valence-electron chi connectivity index (χ2n) is 6.71. The van der Waals surface area contributed by atoms with Gasteiger partial charge in [0.15, 0.2) is 5.82 Å². The lowest BCUT2D eigenvalue weighted by molar-refractivity contribution is 0.0920. The molecule has 0 aromatic carbocycles. The molecule has 1 amide bonds. The highest BCUT2D eigenvalue weighted by molar-refractivity contribution is 6.35. The van der Waals surface area contributed by atoms with Gasteiger partial charge in [-0.3, -0.25) is 14.2 Å². The molecule has 0 radical (unpaired) electrons. The zero-order valence-corrected chi connectivity index (χ0v) is 16.1. The predicted molar refractivity (Wildman–Crippen MR) is 104 cm³/mol. The summed E-state index contributed by atoms with van der Waals surface area (Å²) >= 11 is 6.12. The summed E-state index contributed by atoms with van der Waals surface area (Å²) in [7, 11) is 1.86. The van der Waals surface area contributed by atoms with Gasteiger partial charge >= 0.3 is 0 Å². The Balaban J connectivity index is 2.07. The van der Waals surface area contributed by atoms with Gasteiger partial charge in [0.25, 0.3) is 11.5 Å². The first kappa shape index (κ1) is 19.1. The van der Waals surface area contributed by atoms with Crippen LogP contribution in [0.2, 0.25) is 5.02 Å². The Labute approximate surface area is 161 Å². The van der Waals surface area contributed by atoms with Gasteiger partial charge in [0.2, 0.25) is 0 Å². The Hall–Kier alpha value is -2.65. The van der Waals surface area contributed by atoms with Crippen LogP contribution in [0.3, 0.4) is 0 Å². The Morgan fingerprint density at radius 2 is 2.11 bits per heavy atom. The molecular formula is C17H22ClN7O2. The van der Waals surface area contributed by atoms with Crippen LogP contribution >= 0.6 is 11.6 Å². The molecule has 1 aliphatic rings. The number of anilines is 3. The van der Waals surface area contributed by atoms with Crippen LogP contribution in [0.1, 0.15) is 35.8 Å². The number of hydrogen-bond donors (Lipinski definition) is 4. The molecule has 0 fully saturated rings. The van der Waals surface area contributed by atoms with Gasteiger partial charge in [0, 0.05) is 0 Å². The summed E-state index contributed by atoms with van der Waals surface area (Å²) in [5, 5.41) is 9.07. The van der Waals surface area contributed by atoms with E-state index in [9.17, 15) is 9.59 Å². The maximum absolute atomic E-state index is 13.2. The topological polar surface area (TPSA) is 127 Å². The third kappa shape index (κ3) is 3.35. The van der Waals surface area contributed by atoms with Gasteiger partial charge in [0.05, 0.1) is 0 Å². The number of aromatic nitrogens is 3. The molecule has 3 heterocycles. The lowest BCUT2D eigenvalue weighted by atomic mass is 10.1. The fourth-order valence-electron chi connectivity index (χ4n) is 3.33. The fourth-order valence-corrected chi connectivity index (χ4v) is 3.47. The first-order chi connectivity index (χ1) is 12.8. The number of aryl methyl sites for hydroxylation is 1. The van der Waals surface area contributed by atoms with Crippen LogP contribution in [0.25, 0.3) is 0 Å². The van der Waals surface area contributed by atoms with E-state index in [-0.39, 0.29) is 33.8 Å². The van der Waals surface area contributed by atoms with E-state index in [4.69, 9.17) is 17.3 Å². The van der Waals surface area contributed by atoms with Crippen molar-refractivity contribution in [3.8, 4) is 0 Å². The molecule has 9 nitrogen and oxygen atoms in total. The molecule has 0 saturated carbocycles. The molecule has 0 spiro atoms. The number of hydrogen-bond acceptors (Lipinski definition) is 7. The second-order valence-corrected chi connectivity index (χ2v) is 7.09. The predicted octanol–water partition coefficient (Wildman–Crippen LogP) is 1.34. The SMILES string of the molecule is CNCCC[C@@]1(C)NC(=O)c2c(C)cc(Nc3ncnc(N)c3Cl)c(=O)n21. The number of nitrogen functional groups attached to an aromatic ring is 1. The molecule has 0 saturated heterocycles. The highest BCUT2D eigenvalue weighted by Gasteiger charge is 2.40. The third-order valence-electron chi connectivity index (χ3n) is 4.64. The van der Waals surface area contributed by atoms with Gasteiger partial charge in [-0.15, -0.1) is 0 Å². The van der Waals surface area contributed by atoms with E-state index in [1.807, 2.05) is 14.0 Å². The van der Waals surface area contributed by atoms with E-state index in [0.29, 0.717) is 17.7 Å². The molecule has 27 heavy (non-hydrogen) atoms. The van der Waals surface area contributed by atoms with E-state index in [2.05, 4.69) is 25.9 Å². The third-order valence-corrected chi connectivity index (χ3v) is 5.02. The Kier molecular flexibility index (Phi) is 5.07. The largest absolute Gasteiger partial charge is 0.382 e. The summed E-state index contributed by atoms with van der Waals surface area (Å²) in [5.41, 5.74) is 5.84. The van der Waals surface area contributed by atoms with Gasteiger partial charge < -0.3 is 21.7 Å². The van der Waals surface area contributed by atoms with Gasteiger partial charge in [-0.1, -0.05) is 11.6 Å². The van der Waals surface area contributed by atoms with Crippen molar-refractivity contribution in [2.45, 2.75) is 32.4 Å². The number of rotatable bonds is 6. The zero-order valence-electron chi connectivity index (χ0n) is 15.4. The Morgan fingerprint density at radius 3 is 2.81 bits per heavy atom. The van der Waals surface area contributed by atoms with Crippen molar-refractivity contribution in [3.05, 3.63) is 39.0 Å². The minimum atomic E-state index is -0.808. The molecule has 3 rings (SSSR count). The minimum absolute atomic E-state index is 0.112. The molecule has 0 aliphatic carbocycles. The fraction of sp³-hybridized carbons (Fsp3) is 0.412. The van der Waals surface area contributed by atoms with Crippen molar-refractivity contribution in [3.63, 3.8) is 0 Å². The van der Waals surface area contributed by atoms with Crippen molar-refractivity contribution < 1.29 is 4.79 Å². The standard InChI is InChI=1S/C17H22ClN7O2/c1-9-7-10(23-14-11(18)13(19)21-8-22-14)16(27)25-12(9)15(26)24-17(25,2)5-4-6-20-3/h7-8,20H,4-6H2,1-3H3,(H,24,26)(H3,19,21,22,23)/t17-/m0/s1. The molecule has 1 aliphatic heterocycles. The molecule has 2 aromatic rings. The molecule has 1 atom stereocenters. The number of halogens is 1. The van der Waals surface area contributed by atoms with Crippen molar-refractivity contribution in [2.24, 2.45) is 0 Å². The van der Waals surface area contributed by atoms with Crippen LogP contribution in [0.4, 0.5) is 17.3 Å². The van der Waals surface area contributed by atoms with Gasteiger partial charge in [0.1, 0.15) is 34.2 Å². The van der Waals surface area contributed by atoms with E-state index >= 15 is 0 Å². The summed E-state index contributed by atoms with van der Waals surface area (Å²) < 4.78 is 1.51. The quantitative estimate of drug-likeness (QED) is 0.547. The highest BCUT2D eigenvalue weighted by Crippen LogP contribution is 2.30. The smallest absolute Gasteiger partial charge is 0.276 e. The zero-order chi connectivity index (χ0) is 19.8. The lowest BCUT2D eigenvalue weighted by Gasteiger charge is -2.27. The molecule has 5 N–H and O–H groups in total. The van der Waals surface area contributed by atoms with E-state index < -0.39 is 5.66 Å². The number of nitrogens with zero attached hydrogens (tertiary/aromatic N) is 3. The molecule has 2 aromatic heterocycles. The molecule has 10 heteroatoms. The molecule has 0 unspecified atom stereocenters. The summed E-state index contributed by atoms with van der Waals surface area (Å²) in [4.78, 5) is 33.5. The molecule has 0 bridgehead atoms. The van der Waals surface area contributed by atoms with Crippen LogP contribution in [-0.2, 0) is 5.66 Å². The van der Waals surface area contributed by atoms with Gasteiger partial charge in [-0.2, -0.15) is 0 Å². The summed E-state index contributed by atoms with van der Waals surface area (Å²) in [5.74, 6) is 0.0868. The maximum atomic E-state index is 13.2. The average Bonchev–Trinajstić information content (AvgIpc) is 2.88. The summed E-state index contributed by atoms with van der Waals surface area (Å²) in [6, 6.07) is 1.61. The van der Waals surface area contributed by atoms with E-state index in [0.717, 1.165) is 13.0 Å². The number of carbonyl (C=O) groups is 1. The number of nitrogens with one attached hydrogen (secondary N) is 3. The molecule has 144 valence electrons. The van der Waals surface area contributed by atoms with Crippen LogP contribution in [0.5, 0.6) is 0 Å². The van der Waals surface area contributed by atoms with Crippen LogP contribution in [-0.4, -0.2) is 34.0 Å². The van der Waals surface area contributed by atoms with Crippen LogP contribution in [0, 0.1) is 6.92 Å². The van der Waals surface area contributed by atoms with Crippen molar-refractivity contribution in [2.75, 3.05) is 24.6 Å². The van der Waals surface area contributed by atoms with Crippen LogP contribution in [0.15, 0.2) is 17.2 Å². The number of amides is 1. The Bertz CT molecular complexity index is 959. The van der Waals surface area contributed by atoms with Crippen molar-refractivity contribution in [1.82, 2.24) is 25.2 Å². The normalized spacial score (nSPS) is 18.3. The average molecular weight is 392 g/mol. The molecular weight excluding hydrogens is 370 g/mol. The lowest BCUT2D eigenvalue weighted by Crippen LogP contribution is -2.45. The van der Waals surface area contributed by atoms with E-state index in [1.165, 1.54) is 10.9 Å². The number of nitrogens with two attached hydrogens (primary N) is 1. The Morgan fingerprint density at radius 1 is 1.37 bits per heavy atom. The van der Waals surface area contributed by atoms with Gasteiger partial charge in [-0.05, 0) is 51.9 Å². The monoisotopic (exact) mass is 391 g/mol. The van der Waals surface area contributed by atoms with Crippen LogP contribution < -0.4 is 27.2 Å². The second kappa shape index (κ2) is 7.16. The minimum Gasteiger partial charge on any atom is -0.382 e. The van der Waals surface area contributed by atoms with Crippen molar-refractivity contribution in [1.29, 1.82) is 0 Å². The first-order valence-corrected chi connectivity index (χ1v) is 8.93. The number of pyridine rings is 1.